The lowest BCUT2D eigenvalue weighted by atomic mass is 10.2. The van der Waals surface area contributed by atoms with Crippen molar-refractivity contribution < 1.29 is 8.42 Å². The number of anilines is 1. The predicted molar refractivity (Wildman–Crippen MR) is 76.4 cm³/mol. The SMILES string of the molecule is CS(=O)(=O)N(Cc1cccnc1)c1ccc(C#N)cc1. The zero-order valence-corrected chi connectivity index (χ0v) is 11.7. The molecule has 0 radical (unpaired) electrons. The van der Waals surface area contributed by atoms with Crippen LogP contribution in [0.4, 0.5) is 5.69 Å². The van der Waals surface area contributed by atoms with Crippen molar-refractivity contribution in [3.8, 4) is 6.07 Å². The van der Waals surface area contributed by atoms with E-state index in [0.717, 1.165) is 11.8 Å². The van der Waals surface area contributed by atoms with Gasteiger partial charge in [-0.15, -0.1) is 0 Å². The van der Waals surface area contributed by atoms with Crippen molar-refractivity contribution in [3.05, 3.63) is 59.9 Å². The Morgan fingerprint density at radius 2 is 1.95 bits per heavy atom. The molecule has 0 amide bonds. The zero-order valence-electron chi connectivity index (χ0n) is 10.9. The molecule has 6 heteroatoms. The van der Waals surface area contributed by atoms with Gasteiger partial charge in [0.05, 0.1) is 30.1 Å². The molecular formula is C14H13N3O2S. The molecule has 0 aliphatic carbocycles. The fourth-order valence-corrected chi connectivity index (χ4v) is 2.65. The summed E-state index contributed by atoms with van der Waals surface area (Å²) in [5, 5.41) is 8.77. The van der Waals surface area contributed by atoms with Gasteiger partial charge in [0, 0.05) is 12.4 Å². The zero-order chi connectivity index (χ0) is 14.6. The highest BCUT2D eigenvalue weighted by Gasteiger charge is 2.17. The van der Waals surface area contributed by atoms with E-state index in [9.17, 15) is 8.42 Å². The van der Waals surface area contributed by atoms with Gasteiger partial charge in [-0.25, -0.2) is 8.42 Å². The maximum atomic E-state index is 11.9. The molecule has 0 fully saturated rings. The Morgan fingerprint density at radius 3 is 2.45 bits per heavy atom. The Kier molecular flexibility index (Phi) is 4.01. The van der Waals surface area contributed by atoms with Crippen molar-refractivity contribution >= 4 is 15.7 Å². The monoisotopic (exact) mass is 287 g/mol. The first-order valence-electron chi connectivity index (χ1n) is 5.87. The number of rotatable bonds is 4. The minimum atomic E-state index is -3.41. The van der Waals surface area contributed by atoms with E-state index >= 15 is 0 Å². The highest BCUT2D eigenvalue weighted by molar-refractivity contribution is 7.92. The van der Waals surface area contributed by atoms with Gasteiger partial charge >= 0.3 is 0 Å². The standard InChI is InChI=1S/C14H13N3O2S/c1-20(18,19)17(11-13-3-2-8-16-10-13)14-6-4-12(9-15)5-7-14/h2-8,10H,11H2,1H3. The predicted octanol–water partition coefficient (Wildman–Crippen LogP) is 1.92. The van der Waals surface area contributed by atoms with Gasteiger partial charge in [0.15, 0.2) is 0 Å². The van der Waals surface area contributed by atoms with E-state index in [1.165, 1.54) is 4.31 Å². The average Bonchev–Trinajstić information content (AvgIpc) is 2.45. The van der Waals surface area contributed by atoms with E-state index in [2.05, 4.69) is 4.98 Å². The van der Waals surface area contributed by atoms with Crippen molar-refractivity contribution in [2.75, 3.05) is 10.6 Å². The molecule has 0 aliphatic heterocycles. The van der Waals surface area contributed by atoms with Crippen LogP contribution in [0.1, 0.15) is 11.1 Å². The molecule has 0 bridgehead atoms. The number of hydrogen-bond acceptors (Lipinski definition) is 4. The van der Waals surface area contributed by atoms with Crippen molar-refractivity contribution in [1.82, 2.24) is 4.98 Å². The van der Waals surface area contributed by atoms with Gasteiger partial charge < -0.3 is 0 Å². The summed E-state index contributed by atoms with van der Waals surface area (Å²) < 4.78 is 25.1. The second-order valence-electron chi connectivity index (χ2n) is 4.29. The van der Waals surface area contributed by atoms with Crippen LogP contribution in [-0.2, 0) is 16.6 Å². The molecule has 102 valence electrons. The van der Waals surface area contributed by atoms with Crippen LogP contribution in [0.5, 0.6) is 0 Å². The van der Waals surface area contributed by atoms with Crippen LogP contribution in [0.25, 0.3) is 0 Å². The Balaban J connectivity index is 2.36. The maximum Gasteiger partial charge on any atom is 0.232 e. The number of benzene rings is 1. The van der Waals surface area contributed by atoms with Crippen LogP contribution in [0, 0.1) is 11.3 Å². The van der Waals surface area contributed by atoms with E-state index in [1.807, 2.05) is 12.1 Å². The second-order valence-corrected chi connectivity index (χ2v) is 6.20. The van der Waals surface area contributed by atoms with Gasteiger partial charge in [-0.2, -0.15) is 5.26 Å². The van der Waals surface area contributed by atoms with Gasteiger partial charge in [0.1, 0.15) is 0 Å². The number of sulfonamides is 1. The molecule has 0 spiro atoms. The van der Waals surface area contributed by atoms with Crippen molar-refractivity contribution in [2.45, 2.75) is 6.54 Å². The van der Waals surface area contributed by atoms with Gasteiger partial charge in [-0.1, -0.05) is 6.07 Å². The molecule has 0 atom stereocenters. The van der Waals surface area contributed by atoms with E-state index in [0.29, 0.717) is 11.3 Å². The van der Waals surface area contributed by atoms with Gasteiger partial charge in [-0.05, 0) is 35.9 Å². The molecule has 20 heavy (non-hydrogen) atoms. The van der Waals surface area contributed by atoms with Crippen molar-refractivity contribution in [1.29, 1.82) is 5.26 Å². The number of pyridine rings is 1. The topological polar surface area (TPSA) is 74.1 Å². The lowest BCUT2D eigenvalue weighted by molar-refractivity contribution is 0.596. The summed E-state index contributed by atoms with van der Waals surface area (Å²) >= 11 is 0. The average molecular weight is 287 g/mol. The van der Waals surface area contributed by atoms with Gasteiger partial charge in [-0.3, -0.25) is 9.29 Å². The maximum absolute atomic E-state index is 11.9. The fraction of sp³-hybridized carbons (Fsp3) is 0.143. The molecule has 2 aromatic rings. The first-order chi connectivity index (χ1) is 9.50. The Hall–Kier alpha value is -2.39. The first kappa shape index (κ1) is 14.0. The molecule has 0 unspecified atom stereocenters. The molecule has 1 heterocycles. The molecule has 0 saturated carbocycles. The highest BCUT2D eigenvalue weighted by Crippen LogP contribution is 2.20. The van der Waals surface area contributed by atoms with Gasteiger partial charge in [0.25, 0.3) is 0 Å². The largest absolute Gasteiger partial charge is 0.266 e. The van der Waals surface area contributed by atoms with E-state index in [1.54, 1.807) is 42.7 Å². The van der Waals surface area contributed by atoms with Crippen LogP contribution in [-0.4, -0.2) is 19.7 Å². The Labute approximate surface area is 118 Å². The molecule has 0 N–H and O–H groups in total. The Morgan fingerprint density at radius 1 is 1.25 bits per heavy atom. The number of hydrogen-bond donors (Lipinski definition) is 0. The van der Waals surface area contributed by atoms with Crippen LogP contribution in [0.2, 0.25) is 0 Å². The van der Waals surface area contributed by atoms with Crippen molar-refractivity contribution in [2.24, 2.45) is 0 Å². The lowest BCUT2D eigenvalue weighted by Gasteiger charge is -2.22. The third-order valence-electron chi connectivity index (χ3n) is 2.73. The molecule has 5 nitrogen and oxygen atoms in total. The first-order valence-corrected chi connectivity index (χ1v) is 7.72. The summed E-state index contributed by atoms with van der Waals surface area (Å²) in [4.78, 5) is 3.98. The summed E-state index contributed by atoms with van der Waals surface area (Å²) in [7, 11) is -3.41. The summed E-state index contributed by atoms with van der Waals surface area (Å²) in [6.07, 6.45) is 4.42. The molecule has 1 aromatic carbocycles. The van der Waals surface area contributed by atoms with E-state index < -0.39 is 10.0 Å². The second kappa shape index (κ2) is 5.72. The third-order valence-corrected chi connectivity index (χ3v) is 3.87. The van der Waals surface area contributed by atoms with Crippen LogP contribution >= 0.6 is 0 Å². The minimum absolute atomic E-state index is 0.207. The fourth-order valence-electron chi connectivity index (χ4n) is 1.76. The normalized spacial score (nSPS) is 10.8. The molecular weight excluding hydrogens is 274 g/mol. The molecule has 1 aromatic heterocycles. The quantitative estimate of drug-likeness (QED) is 0.861. The van der Waals surface area contributed by atoms with Crippen LogP contribution in [0.15, 0.2) is 48.8 Å². The smallest absolute Gasteiger partial charge is 0.232 e. The van der Waals surface area contributed by atoms with Crippen LogP contribution < -0.4 is 4.31 Å². The van der Waals surface area contributed by atoms with E-state index in [4.69, 9.17) is 5.26 Å². The summed E-state index contributed by atoms with van der Waals surface area (Å²) in [5.41, 5.74) is 1.81. The summed E-state index contributed by atoms with van der Waals surface area (Å²) in [5.74, 6) is 0. The minimum Gasteiger partial charge on any atom is -0.266 e. The third kappa shape index (κ3) is 3.33. The molecule has 2 rings (SSSR count). The summed E-state index contributed by atoms with van der Waals surface area (Å²) in [6.45, 7) is 0.207. The van der Waals surface area contributed by atoms with Crippen LogP contribution in [0.3, 0.4) is 0 Å². The number of nitriles is 1. The van der Waals surface area contributed by atoms with Gasteiger partial charge in [0.2, 0.25) is 10.0 Å². The number of nitrogens with zero attached hydrogens (tertiary/aromatic N) is 3. The lowest BCUT2D eigenvalue weighted by Crippen LogP contribution is -2.29. The highest BCUT2D eigenvalue weighted by atomic mass is 32.2. The van der Waals surface area contributed by atoms with E-state index in [-0.39, 0.29) is 6.54 Å². The molecule has 0 aliphatic rings. The number of aromatic nitrogens is 1. The Bertz CT molecular complexity index is 719. The molecule has 0 saturated heterocycles. The summed E-state index contributed by atoms with van der Waals surface area (Å²) in [6, 6.07) is 12.0. The van der Waals surface area contributed by atoms with Crippen molar-refractivity contribution in [3.63, 3.8) is 0 Å².